The van der Waals surface area contributed by atoms with Gasteiger partial charge in [-0.15, -0.1) is 0 Å². The first-order valence-corrected chi connectivity index (χ1v) is 9.97. The minimum atomic E-state index is -0.823. The molecule has 0 heterocycles. The van der Waals surface area contributed by atoms with Gasteiger partial charge < -0.3 is 28.4 Å². The van der Waals surface area contributed by atoms with Gasteiger partial charge in [-0.1, -0.05) is 26.0 Å². The molecule has 0 aliphatic carbocycles. The minimum absolute atomic E-state index is 0.0650. The average Bonchev–Trinajstić information content (AvgIpc) is 2.67. The molecule has 0 saturated heterocycles. The predicted molar refractivity (Wildman–Crippen MR) is 110 cm³/mol. The normalized spacial score (nSPS) is 10.3. The van der Waals surface area contributed by atoms with Crippen LogP contribution in [0.4, 0.5) is 4.79 Å². The Morgan fingerprint density at radius 3 is 2.40 bits per heavy atom. The van der Waals surface area contributed by atoms with Crippen LogP contribution in [-0.2, 0) is 30.2 Å². The summed E-state index contributed by atoms with van der Waals surface area (Å²) in [5.74, 6) is 0.998. The van der Waals surface area contributed by atoms with Gasteiger partial charge in [0.05, 0.1) is 18.5 Å². The number of hydrogen-bond donors (Lipinski definition) is 0. The molecule has 8 nitrogen and oxygen atoms in total. The SMILES string of the molecule is C=C(C)OCOc1cc(CCC(=O)OCCCC)ccc1OCOC(=O)OC(C)C. The smallest absolute Gasteiger partial charge is 0.466 e. The molecule has 1 aromatic carbocycles. The Bertz CT molecular complexity index is 684. The third-order valence-corrected chi connectivity index (χ3v) is 3.63. The van der Waals surface area contributed by atoms with Gasteiger partial charge in [-0.25, -0.2) is 4.79 Å². The summed E-state index contributed by atoms with van der Waals surface area (Å²) in [5, 5.41) is 0. The standard InChI is InChI=1S/C22H32O8/c1-6-7-12-25-21(23)11-9-18-8-10-19(20(13-18)28-14-26-16(2)3)27-15-29-22(24)30-17(4)5/h8,10,13,17H,2,6-7,9,11-12,14-15H2,1,3-5H3. The zero-order chi connectivity index (χ0) is 22.4. The zero-order valence-electron chi connectivity index (χ0n) is 18.2. The van der Waals surface area contributed by atoms with Crippen molar-refractivity contribution in [3.05, 3.63) is 36.1 Å². The van der Waals surface area contributed by atoms with Gasteiger partial charge in [0.15, 0.2) is 11.5 Å². The van der Waals surface area contributed by atoms with E-state index in [2.05, 4.69) is 6.58 Å². The van der Waals surface area contributed by atoms with Gasteiger partial charge in [0.25, 0.3) is 0 Å². The molecule has 0 amide bonds. The summed E-state index contributed by atoms with van der Waals surface area (Å²) in [6.45, 7) is 10.8. The molecule has 168 valence electrons. The molecule has 1 rings (SSSR count). The second kappa shape index (κ2) is 14.1. The van der Waals surface area contributed by atoms with Crippen LogP contribution in [-0.4, -0.2) is 38.4 Å². The highest BCUT2D eigenvalue weighted by Gasteiger charge is 2.12. The first kappa shape index (κ1) is 25.1. The highest BCUT2D eigenvalue weighted by Crippen LogP contribution is 2.29. The number of carbonyl (C=O) groups is 2. The van der Waals surface area contributed by atoms with Crippen LogP contribution in [0.1, 0.15) is 52.5 Å². The van der Waals surface area contributed by atoms with Gasteiger partial charge in [0.1, 0.15) is 0 Å². The van der Waals surface area contributed by atoms with E-state index < -0.39 is 6.16 Å². The number of aryl methyl sites for hydroxylation is 1. The average molecular weight is 424 g/mol. The van der Waals surface area contributed by atoms with Crippen LogP contribution in [0.25, 0.3) is 0 Å². The molecule has 0 saturated carbocycles. The maximum absolute atomic E-state index is 11.8. The van der Waals surface area contributed by atoms with Crippen LogP contribution >= 0.6 is 0 Å². The molecule has 0 aromatic heterocycles. The Morgan fingerprint density at radius 2 is 1.73 bits per heavy atom. The molecule has 0 spiro atoms. The number of rotatable bonds is 14. The van der Waals surface area contributed by atoms with Gasteiger partial charge >= 0.3 is 12.1 Å². The molecule has 0 radical (unpaired) electrons. The quantitative estimate of drug-likeness (QED) is 0.183. The van der Waals surface area contributed by atoms with E-state index >= 15 is 0 Å². The van der Waals surface area contributed by atoms with E-state index in [0.717, 1.165) is 18.4 Å². The first-order valence-electron chi connectivity index (χ1n) is 9.97. The zero-order valence-corrected chi connectivity index (χ0v) is 18.2. The van der Waals surface area contributed by atoms with E-state index in [4.69, 9.17) is 28.4 Å². The lowest BCUT2D eigenvalue weighted by Gasteiger charge is -2.15. The molecule has 0 N–H and O–H groups in total. The number of benzene rings is 1. The molecular weight excluding hydrogens is 392 g/mol. The Labute approximate surface area is 178 Å². The molecule has 0 fully saturated rings. The van der Waals surface area contributed by atoms with E-state index in [0.29, 0.717) is 30.3 Å². The molecule has 30 heavy (non-hydrogen) atoms. The second-order valence-electron chi connectivity index (χ2n) is 6.79. The van der Waals surface area contributed by atoms with Crippen LogP contribution in [0, 0.1) is 0 Å². The van der Waals surface area contributed by atoms with Crippen molar-refractivity contribution < 1.29 is 38.0 Å². The van der Waals surface area contributed by atoms with Crippen molar-refractivity contribution in [2.24, 2.45) is 0 Å². The summed E-state index contributed by atoms with van der Waals surface area (Å²) >= 11 is 0. The Morgan fingerprint density at radius 1 is 1.03 bits per heavy atom. The topological polar surface area (TPSA) is 89.5 Å². The van der Waals surface area contributed by atoms with E-state index in [1.165, 1.54) is 0 Å². The molecule has 0 aliphatic heterocycles. The van der Waals surface area contributed by atoms with Gasteiger partial charge in [-0.2, -0.15) is 0 Å². The molecule has 1 aromatic rings. The Balaban J connectivity index is 2.68. The third kappa shape index (κ3) is 11.2. The molecule has 0 unspecified atom stereocenters. The molecule has 0 aliphatic rings. The first-order chi connectivity index (χ1) is 14.3. The van der Waals surface area contributed by atoms with Crippen LogP contribution in [0.15, 0.2) is 30.5 Å². The number of esters is 1. The van der Waals surface area contributed by atoms with Crippen molar-refractivity contribution in [2.75, 3.05) is 20.2 Å². The second-order valence-corrected chi connectivity index (χ2v) is 6.79. The highest BCUT2D eigenvalue weighted by molar-refractivity contribution is 5.69. The Kier molecular flexibility index (Phi) is 11.8. The number of allylic oxidation sites excluding steroid dienone is 1. The summed E-state index contributed by atoms with van der Waals surface area (Å²) < 4.78 is 31.2. The van der Waals surface area contributed by atoms with E-state index in [1.54, 1.807) is 39.0 Å². The van der Waals surface area contributed by atoms with Gasteiger partial charge in [0, 0.05) is 6.42 Å². The van der Waals surface area contributed by atoms with Crippen molar-refractivity contribution in [3.63, 3.8) is 0 Å². The van der Waals surface area contributed by atoms with E-state index in [-0.39, 0.29) is 32.1 Å². The number of carbonyl (C=O) groups excluding carboxylic acids is 2. The van der Waals surface area contributed by atoms with E-state index in [1.807, 2.05) is 6.92 Å². The van der Waals surface area contributed by atoms with Crippen LogP contribution in [0.3, 0.4) is 0 Å². The molecule has 0 bridgehead atoms. The predicted octanol–water partition coefficient (Wildman–Crippen LogP) is 4.75. The molecule has 0 atom stereocenters. The number of ether oxygens (including phenoxy) is 6. The lowest BCUT2D eigenvalue weighted by molar-refractivity contribution is -0.143. The summed E-state index contributed by atoms with van der Waals surface area (Å²) in [6.07, 6.45) is 1.46. The van der Waals surface area contributed by atoms with Gasteiger partial charge in [0.2, 0.25) is 13.6 Å². The summed E-state index contributed by atoms with van der Waals surface area (Å²) in [7, 11) is 0. The van der Waals surface area contributed by atoms with Gasteiger partial charge in [-0.05, 0) is 51.3 Å². The Hall–Kier alpha value is -2.90. The van der Waals surface area contributed by atoms with Crippen molar-refractivity contribution in [3.8, 4) is 11.5 Å². The maximum atomic E-state index is 11.8. The summed E-state index contributed by atoms with van der Waals surface area (Å²) in [4.78, 5) is 23.2. The van der Waals surface area contributed by atoms with Gasteiger partial charge in [-0.3, -0.25) is 4.79 Å². The monoisotopic (exact) mass is 424 g/mol. The highest BCUT2D eigenvalue weighted by atomic mass is 16.8. The van der Waals surface area contributed by atoms with Crippen molar-refractivity contribution in [1.82, 2.24) is 0 Å². The third-order valence-electron chi connectivity index (χ3n) is 3.63. The fourth-order valence-corrected chi connectivity index (χ4v) is 2.15. The number of unbranched alkanes of at least 4 members (excludes halogenated alkanes) is 1. The van der Waals surface area contributed by atoms with Crippen molar-refractivity contribution in [1.29, 1.82) is 0 Å². The van der Waals surface area contributed by atoms with Crippen LogP contribution in [0.2, 0.25) is 0 Å². The van der Waals surface area contributed by atoms with E-state index in [9.17, 15) is 9.59 Å². The van der Waals surface area contributed by atoms with Crippen molar-refractivity contribution >= 4 is 12.1 Å². The summed E-state index contributed by atoms with van der Waals surface area (Å²) in [5.41, 5.74) is 0.861. The molecule has 8 heteroatoms. The fraction of sp³-hybridized carbons (Fsp3) is 0.545. The van der Waals surface area contributed by atoms with Crippen LogP contribution < -0.4 is 9.47 Å². The number of hydrogen-bond acceptors (Lipinski definition) is 8. The maximum Gasteiger partial charge on any atom is 0.511 e. The lowest BCUT2D eigenvalue weighted by atomic mass is 10.1. The minimum Gasteiger partial charge on any atom is -0.466 e. The summed E-state index contributed by atoms with van der Waals surface area (Å²) in [6, 6.07) is 5.21. The van der Waals surface area contributed by atoms with Crippen LogP contribution in [0.5, 0.6) is 11.5 Å². The fourth-order valence-electron chi connectivity index (χ4n) is 2.15. The largest absolute Gasteiger partial charge is 0.511 e. The molecular formula is C22H32O8. The lowest BCUT2D eigenvalue weighted by Crippen LogP contribution is -2.16. The van der Waals surface area contributed by atoms with Crippen molar-refractivity contribution in [2.45, 2.75) is 59.5 Å².